The molecule has 2 rings (SSSR count). The minimum atomic E-state index is -0.0338. The summed E-state index contributed by atoms with van der Waals surface area (Å²) in [5, 5.41) is 17.4. The Hall–Kier alpha value is -0.160. The second-order valence-corrected chi connectivity index (χ2v) is 4.45. The number of hydrogen-bond donors (Lipinski definition) is 4. The Morgan fingerprint density at radius 2 is 1.07 bits per heavy atom. The first-order valence-corrected chi connectivity index (χ1v) is 5.42. The third-order valence-corrected chi connectivity index (χ3v) is 3.09. The van der Waals surface area contributed by atoms with Crippen molar-refractivity contribution in [2.45, 2.75) is 37.9 Å². The maximum Gasteiger partial charge on any atom is 0.0546 e. The van der Waals surface area contributed by atoms with E-state index in [4.69, 9.17) is 21.7 Å². The van der Waals surface area contributed by atoms with Crippen LogP contribution in [0.3, 0.4) is 0 Å². The van der Waals surface area contributed by atoms with E-state index >= 15 is 0 Å². The fourth-order valence-corrected chi connectivity index (χ4v) is 1.79. The van der Waals surface area contributed by atoms with Crippen LogP contribution in [-0.4, -0.2) is 35.5 Å². The van der Waals surface area contributed by atoms with E-state index in [1.54, 1.807) is 0 Å². The van der Waals surface area contributed by atoms with E-state index in [0.717, 1.165) is 38.8 Å². The Balaban J connectivity index is 0.000000140. The largest absolute Gasteiger partial charge is 0.393 e. The van der Waals surface area contributed by atoms with Crippen LogP contribution in [0.15, 0.2) is 0 Å². The van der Waals surface area contributed by atoms with Gasteiger partial charge in [0, 0.05) is 0 Å². The minimum absolute atomic E-state index is 0.0338. The second kappa shape index (κ2) is 5.66. The second-order valence-electron chi connectivity index (χ2n) is 4.45. The van der Waals surface area contributed by atoms with Gasteiger partial charge in [-0.25, -0.2) is 0 Å². The Morgan fingerprint density at radius 1 is 0.786 bits per heavy atom. The number of aliphatic hydroxyl groups excluding tert-OH is 2. The molecule has 0 radical (unpaired) electrons. The fourth-order valence-electron chi connectivity index (χ4n) is 1.79. The molecule has 0 unspecified atom stereocenters. The van der Waals surface area contributed by atoms with Crippen molar-refractivity contribution in [3.8, 4) is 0 Å². The smallest absolute Gasteiger partial charge is 0.0546 e. The maximum atomic E-state index is 8.69. The first-order chi connectivity index (χ1) is 6.65. The van der Waals surface area contributed by atoms with Crippen LogP contribution in [-0.2, 0) is 0 Å². The molecule has 4 heteroatoms. The number of nitrogens with two attached hydrogens (primary N) is 2. The SMILES string of the molecule is NCC1CC(O)C1.NCC1CC(O)C1. The summed E-state index contributed by atoms with van der Waals surface area (Å²) >= 11 is 0. The molecule has 2 fully saturated rings. The highest BCUT2D eigenvalue weighted by molar-refractivity contribution is 4.78. The fraction of sp³-hybridized carbons (Fsp3) is 1.00. The Labute approximate surface area is 85.3 Å². The molecular formula is C10H22N2O2. The minimum Gasteiger partial charge on any atom is -0.393 e. The van der Waals surface area contributed by atoms with Gasteiger partial charge < -0.3 is 21.7 Å². The van der Waals surface area contributed by atoms with E-state index in [9.17, 15) is 0 Å². The van der Waals surface area contributed by atoms with Crippen molar-refractivity contribution in [2.24, 2.45) is 23.3 Å². The summed E-state index contributed by atoms with van der Waals surface area (Å²) in [4.78, 5) is 0. The third-order valence-electron chi connectivity index (χ3n) is 3.09. The van der Waals surface area contributed by atoms with Crippen LogP contribution in [0.4, 0.5) is 0 Å². The van der Waals surface area contributed by atoms with Gasteiger partial charge in [-0.15, -0.1) is 0 Å². The summed E-state index contributed by atoms with van der Waals surface area (Å²) in [6, 6.07) is 0. The van der Waals surface area contributed by atoms with Crippen molar-refractivity contribution in [1.82, 2.24) is 0 Å². The van der Waals surface area contributed by atoms with E-state index in [2.05, 4.69) is 0 Å². The topological polar surface area (TPSA) is 92.5 Å². The first kappa shape index (κ1) is 11.9. The lowest BCUT2D eigenvalue weighted by Crippen LogP contribution is -2.33. The summed E-state index contributed by atoms with van der Waals surface area (Å²) in [6.07, 6.45) is 3.64. The van der Waals surface area contributed by atoms with Gasteiger partial charge in [-0.3, -0.25) is 0 Å². The van der Waals surface area contributed by atoms with Gasteiger partial charge in [-0.2, -0.15) is 0 Å². The number of rotatable bonds is 2. The van der Waals surface area contributed by atoms with Crippen LogP contribution in [0.1, 0.15) is 25.7 Å². The molecule has 0 spiro atoms. The van der Waals surface area contributed by atoms with Crippen molar-refractivity contribution < 1.29 is 10.2 Å². The van der Waals surface area contributed by atoms with Crippen LogP contribution in [0, 0.1) is 11.8 Å². The molecule has 0 aromatic carbocycles. The predicted molar refractivity (Wildman–Crippen MR) is 55.6 cm³/mol. The molecule has 0 heterocycles. The molecular weight excluding hydrogens is 180 g/mol. The quantitative estimate of drug-likeness (QED) is 0.482. The number of hydrogen-bond acceptors (Lipinski definition) is 4. The number of aliphatic hydroxyl groups is 2. The van der Waals surface area contributed by atoms with Crippen molar-refractivity contribution in [1.29, 1.82) is 0 Å². The summed E-state index contributed by atoms with van der Waals surface area (Å²) < 4.78 is 0. The summed E-state index contributed by atoms with van der Waals surface area (Å²) in [5.74, 6) is 1.24. The van der Waals surface area contributed by atoms with Crippen molar-refractivity contribution >= 4 is 0 Å². The molecule has 6 N–H and O–H groups in total. The van der Waals surface area contributed by atoms with Crippen molar-refractivity contribution in [2.75, 3.05) is 13.1 Å². The monoisotopic (exact) mass is 202 g/mol. The zero-order valence-electron chi connectivity index (χ0n) is 8.60. The van der Waals surface area contributed by atoms with Gasteiger partial charge in [0.1, 0.15) is 0 Å². The van der Waals surface area contributed by atoms with E-state index in [1.807, 2.05) is 0 Å². The lowest BCUT2D eigenvalue weighted by atomic mass is 9.83. The van der Waals surface area contributed by atoms with Gasteiger partial charge in [-0.05, 0) is 50.6 Å². The van der Waals surface area contributed by atoms with Crippen LogP contribution >= 0.6 is 0 Å². The molecule has 0 atom stereocenters. The molecule has 2 saturated carbocycles. The molecule has 0 aromatic rings. The molecule has 0 aromatic heterocycles. The van der Waals surface area contributed by atoms with E-state index in [-0.39, 0.29) is 12.2 Å². The molecule has 0 aliphatic heterocycles. The van der Waals surface area contributed by atoms with E-state index < -0.39 is 0 Å². The maximum absolute atomic E-state index is 8.69. The van der Waals surface area contributed by atoms with Gasteiger partial charge >= 0.3 is 0 Å². The molecule has 0 bridgehead atoms. The molecule has 4 nitrogen and oxygen atoms in total. The zero-order chi connectivity index (χ0) is 10.6. The van der Waals surface area contributed by atoms with Crippen LogP contribution in [0.5, 0.6) is 0 Å². The van der Waals surface area contributed by atoms with Gasteiger partial charge in [0.2, 0.25) is 0 Å². The van der Waals surface area contributed by atoms with E-state index in [1.165, 1.54) is 0 Å². The Morgan fingerprint density at radius 3 is 1.14 bits per heavy atom. The summed E-state index contributed by atoms with van der Waals surface area (Å²) in [5.41, 5.74) is 10.6. The normalized spacial score (nSPS) is 40.3. The molecule has 0 saturated heterocycles. The Kier molecular flexibility index (Phi) is 4.81. The van der Waals surface area contributed by atoms with Crippen molar-refractivity contribution in [3.05, 3.63) is 0 Å². The summed E-state index contributed by atoms with van der Waals surface area (Å²) in [6.45, 7) is 1.49. The average Bonchev–Trinajstić information content (AvgIpc) is 2.08. The highest BCUT2D eigenvalue weighted by atomic mass is 16.3. The molecule has 0 amide bonds. The Bertz CT molecular complexity index is 136. The average molecular weight is 202 g/mol. The predicted octanol–water partition coefficient (Wildman–Crippen LogP) is -0.568. The third kappa shape index (κ3) is 3.53. The highest BCUT2D eigenvalue weighted by Gasteiger charge is 2.25. The highest BCUT2D eigenvalue weighted by Crippen LogP contribution is 2.25. The van der Waals surface area contributed by atoms with Gasteiger partial charge in [-0.1, -0.05) is 0 Å². The molecule has 2 aliphatic rings. The van der Waals surface area contributed by atoms with Crippen LogP contribution in [0.2, 0.25) is 0 Å². The van der Waals surface area contributed by atoms with E-state index in [0.29, 0.717) is 11.8 Å². The molecule has 2 aliphatic carbocycles. The zero-order valence-corrected chi connectivity index (χ0v) is 8.60. The molecule has 14 heavy (non-hydrogen) atoms. The first-order valence-electron chi connectivity index (χ1n) is 5.42. The lowest BCUT2D eigenvalue weighted by molar-refractivity contribution is 0.0466. The van der Waals surface area contributed by atoms with Crippen molar-refractivity contribution in [3.63, 3.8) is 0 Å². The standard InChI is InChI=1S/2C5H11NO/c2*6-3-4-1-5(7)2-4/h2*4-5,7H,1-3,6H2. The van der Waals surface area contributed by atoms with Gasteiger partial charge in [0.05, 0.1) is 12.2 Å². The van der Waals surface area contributed by atoms with Gasteiger partial charge in [0.25, 0.3) is 0 Å². The summed E-state index contributed by atoms with van der Waals surface area (Å²) in [7, 11) is 0. The lowest BCUT2D eigenvalue weighted by Gasteiger charge is -2.29. The van der Waals surface area contributed by atoms with Crippen LogP contribution < -0.4 is 11.5 Å². The molecule has 84 valence electrons. The van der Waals surface area contributed by atoms with Crippen LogP contribution in [0.25, 0.3) is 0 Å². The van der Waals surface area contributed by atoms with Gasteiger partial charge in [0.15, 0.2) is 0 Å².